The topological polar surface area (TPSA) is 102 Å². The van der Waals surface area contributed by atoms with Crippen LogP contribution in [0.3, 0.4) is 0 Å². The van der Waals surface area contributed by atoms with E-state index in [1.807, 2.05) is 0 Å². The van der Waals surface area contributed by atoms with Crippen molar-refractivity contribution in [3.63, 3.8) is 0 Å². The lowest BCUT2D eigenvalue weighted by Gasteiger charge is -2.23. The van der Waals surface area contributed by atoms with Gasteiger partial charge in [0.15, 0.2) is 0 Å². The number of methoxy groups -OCH3 is 1. The van der Waals surface area contributed by atoms with E-state index in [-0.39, 0.29) is 18.1 Å². The Morgan fingerprint density at radius 3 is 2.62 bits per heavy atom. The van der Waals surface area contributed by atoms with Gasteiger partial charge in [-0.05, 0) is 37.0 Å². The number of ether oxygens (including phenoxy) is 1. The first-order chi connectivity index (χ1) is 12.3. The summed E-state index contributed by atoms with van der Waals surface area (Å²) in [4.78, 5) is 36.7. The van der Waals surface area contributed by atoms with Gasteiger partial charge >= 0.3 is 0 Å². The summed E-state index contributed by atoms with van der Waals surface area (Å²) >= 11 is 1.74. The molecule has 0 fully saturated rings. The van der Waals surface area contributed by atoms with Crippen LogP contribution in [0.4, 0.5) is 11.4 Å². The Hall–Kier alpha value is -2.06. The molecule has 0 bridgehead atoms. The molecule has 1 aromatic rings. The van der Waals surface area contributed by atoms with E-state index in [1.165, 1.54) is 18.9 Å². The molecular formula is C18H27N3O4S. The molecule has 0 saturated carbocycles. The number of rotatable bonds is 10. The van der Waals surface area contributed by atoms with Crippen molar-refractivity contribution in [3.8, 4) is 5.75 Å². The average molecular weight is 381 g/mol. The second-order valence-electron chi connectivity index (χ2n) is 5.80. The van der Waals surface area contributed by atoms with Gasteiger partial charge in [-0.15, -0.1) is 0 Å². The summed E-state index contributed by atoms with van der Waals surface area (Å²) in [6.07, 6.45) is 0.413. The number of nitrogens with one attached hydrogen (secondary N) is 1. The zero-order chi connectivity index (χ0) is 19.7. The highest BCUT2D eigenvalue weighted by atomic mass is 32.2. The van der Waals surface area contributed by atoms with Gasteiger partial charge in [0.25, 0.3) is 0 Å². The molecule has 0 heterocycles. The molecule has 1 rings (SSSR count). The highest BCUT2D eigenvalue weighted by Gasteiger charge is 2.21. The van der Waals surface area contributed by atoms with Crippen molar-refractivity contribution < 1.29 is 19.1 Å². The first-order valence-corrected chi connectivity index (χ1v) is 9.53. The van der Waals surface area contributed by atoms with E-state index in [1.54, 1.807) is 37.0 Å². The van der Waals surface area contributed by atoms with E-state index >= 15 is 0 Å². The number of nitrogens with two attached hydrogens (primary N) is 1. The Kier molecular flexibility index (Phi) is 9.15. The highest BCUT2D eigenvalue weighted by molar-refractivity contribution is 7.99. The largest absolute Gasteiger partial charge is 0.494 e. The Morgan fingerprint density at radius 1 is 1.35 bits per heavy atom. The fraction of sp³-hybridized carbons (Fsp3) is 0.500. The maximum absolute atomic E-state index is 12.5. The minimum absolute atomic E-state index is 0.187. The van der Waals surface area contributed by atoms with Gasteiger partial charge in [-0.25, -0.2) is 0 Å². The van der Waals surface area contributed by atoms with Crippen LogP contribution in [0.1, 0.15) is 26.7 Å². The molecule has 2 amide bonds. The Balaban J connectivity index is 2.86. The van der Waals surface area contributed by atoms with E-state index < -0.39 is 11.9 Å². The second kappa shape index (κ2) is 10.8. The molecule has 144 valence electrons. The molecule has 1 atom stereocenters. The van der Waals surface area contributed by atoms with Crippen LogP contribution in [0.15, 0.2) is 18.2 Å². The van der Waals surface area contributed by atoms with Gasteiger partial charge in [0.1, 0.15) is 11.5 Å². The van der Waals surface area contributed by atoms with Gasteiger partial charge in [-0.2, -0.15) is 11.8 Å². The number of thioether (sulfide) groups is 1. The summed E-state index contributed by atoms with van der Waals surface area (Å²) in [6.45, 7) is 3.41. The monoisotopic (exact) mass is 381 g/mol. The van der Waals surface area contributed by atoms with Crippen LogP contribution in [0.5, 0.6) is 5.75 Å². The van der Waals surface area contributed by atoms with Gasteiger partial charge in [0.05, 0.1) is 25.3 Å². The molecule has 0 aliphatic rings. The fourth-order valence-electron chi connectivity index (χ4n) is 2.31. The molecule has 8 heteroatoms. The third-order valence-electron chi connectivity index (χ3n) is 3.66. The minimum atomic E-state index is -0.585. The van der Waals surface area contributed by atoms with Crippen LogP contribution in [-0.2, 0) is 14.4 Å². The molecule has 0 unspecified atom stereocenters. The number of benzene rings is 1. The maximum atomic E-state index is 12.5. The predicted octanol–water partition coefficient (Wildman–Crippen LogP) is 2.05. The molecule has 0 aliphatic heterocycles. The molecule has 0 aliphatic carbocycles. The number of Topliss-reactive ketones (excluding diaryl/α,β-unsaturated/α-hetero) is 1. The van der Waals surface area contributed by atoms with Crippen LogP contribution in [0.2, 0.25) is 0 Å². The number of anilines is 2. The van der Waals surface area contributed by atoms with Crippen LogP contribution < -0.4 is 20.7 Å². The third kappa shape index (κ3) is 6.68. The van der Waals surface area contributed by atoms with Crippen LogP contribution >= 0.6 is 11.8 Å². The van der Waals surface area contributed by atoms with E-state index in [0.29, 0.717) is 23.5 Å². The number of amides is 2. The summed E-state index contributed by atoms with van der Waals surface area (Å²) < 4.78 is 5.34. The molecule has 1 aromatic carbocycles. The molecule has 0 spiro atoms. The van der Waals surface area contributed by atoms with Gasteiger partial charge in [0, 0.05) is 18.8 Å². The first-order valence-electron chi connectivity index (χ1n) is 8.38. The summed E-state index contributed by atoms with van der Waals surface area (Å²) in [5, 5.41) is 2.63. The van der Waals surface area contributed by atoms with Crippen LogP contribution in [-0.4, -0.2) is 49.3 Å². The average Bonchev–Trinajstić information content (AvgIpc) is 2.59. The number of likely N-dealkylation sites (N-methyl/N-ethyl adjacent to an activating group) is 1. The van der Waals surface area contributed by atoms with Gasteiger partial charge in [-0.1, -0.05) is 6.92 Å². The van der Waals surface area contributed by atoms with Crippen molar-refractivity contribution in [2.75, 3.05) is 35.9 Å². The number of ketones is 1. The number of carbonyl (C=O) groups is 3. The summed E-state index contributed by atoms with van der Waals surface area (Å²) in [5.41, 5.74) is 7.04. The molecule has 0 saturated heterocycles. The van der Waals surface area contributed by atoms with Gasteiger partial charge in [-0.3, -0.25) is 14.4 Å². The number of hydrogen-bond donors (Lipinski definition) is 2. The van der Waals surface area contributed by atoms with Gasteiger partial charge < -0.3 is 20.7 Å². The first kappa shape index (κ1) is 22.0. The minimum Gasteiger partial charge on any atom is -0.494 e. The molecule has 26 heavy (non-hydrogen) atoms. The molecule has 7 nitrogen and oxygen atoms in total. The lowest BCUT2D eigenvalue weighted by atomic mass is 10.1. The number of carbonyl (C=O) groups excluding carboxylic acids is 3. The zero-order valence-electron chi connectivity index (χ0n) is 15.7. The van der Waals surface area contributed by atoms with Crippen molar-refractivity contribution >= 4 is 40.7 Å². The smallest absolute Gasteiger partial charge is 0.243 e. The van der Waals surface area contributed by atoms with E-state index in [0.717, 1.165) is 11.5 Å². The third-order valence-corrected chi connectivity index (χ3v) is 4.59. The van der Waals surface area contributed by atoms with Crippen molar-refractivity contribution in [2.24, 2.45) is 5.73 Å². The molecular weight excluding hydrogens is 354 g/mol. The highest BCUT2D eigenvalue weighted by Crippen LogP contribution is 2.31. The lowest BCUT2D eigenvalue weighted by molar-refractivity contribution is -0.124. The Bertz CT molecular complexity index is 651. The molecule has 0 radical (unpaired) electrons. The van der Waals surface area contributed by atoms with Crippen LogP contribution in [0, 0.1) is 0 Å². The number of hydrogen-bond acceptors (Lipinski definition) is 6. The van der Waals surface area contributed by atoms with Crippen LogP contribution in [0.25, 0.3) is 0 Å². The van der Waals surface area contributed by atoms with Crippen molar-refractivity contribution in [1.82, 2.24) is 0 Å². The van der Waals surface area contributed by atoms with E-state index in [2.05, 4.69) is 12.2 Å². The lowest BCUT2D eigenvalue weighted by Crippen LogP contribution is -2.42. The van der Waals surface area contributed by atoms with Crippen molar-refractivity contribution in [1.29, 1.82) is 0 Å². The molecule has 0 aromatic heterocycles. The Labute approximate surface area is 158 Å². The number of nitrogens with zero attached hydrogens (tertiary/aromatic N) is 1. The second-order valence-corrected chi connectivity index (χ2v) is 7.20. The van der Waals surface area contributed by atoms with Crippen molar-refractivity contribution in [3.05, 3.63) is 18.2 Å². The summed E-state index contributed by atoms with van der Waals surface area (Å²) in [7, 11) is 3.12. The SMILES string of the molecule is CCSCC[C@H](N)C(=O)N(C)c1ccc(NC(=O)CC(C)=O)cc1OC. The predicted molar refractivity (Wildman–Crippen MR) is 106 cm³/mol. The fourth-order valence-corrected chi connectivity index (χ4v) is 3.02. The van der Waals surface area contributed by atoms with E-state index in [4.69, 9.17) is 10.5 Å². The summed E-state index contributed by atoms with van der Waals surface area (Å²) in [5.74, 6) is 1.43. The zero-order valence-corrected chi connectivity index (χ0v) is 16.5. The van der Waals surface area contributed by atoms with Crippen molar-refractivity contribution in [2.45, 2.75) is 32.7 Å². The van der Waals surface area contributed by atoms with E-state index in [9.17, 15) is 14.4 Å². The quantitative estimate of drug-likeness (QED) is 0.475. The summed E-state index contributed by atoms with van der Waals surface area (Å²) in [6, 6.07) is 4.35. The Morgan fingerprint density at radius 2 is 2.04 bits per heavy atom. The molecule has 3 N–H and O–H groups in total. The normalized spacial score (nSPS) is 11.6. The maximum Gasteiger partial charge on any atom is 0.243 e. The van der Waals surface area contributed by atoms with Gasteiger partial charge in [0.2, 0.25) is 11.8 Å². The standard InChI is InChI=1S/C18H27N3O4S/c1-5-26-9-8-14(19)18(24)21(3)15-7-6-13(11-16(15)25-4)20-17(23)10-12(2)22/h6-7,11,14H,5,8-10,19H2,1-4H3,(H,20,23)/t14-/m0/s1.